The summed E-state index contributed by atoms with van der Waals surface area (Å²) in [5.74, 6) is 0.653. The van der Waals surface area contributed by atoms with Crippen molar-refractivity contribution in [2.45, 2.75) is 57.0 Å². The molecule has 3 heteroatoms. The molecule has 0 aromatic rings. The Bertz CT molecular complexity index is 210. The van der Waals surface area contributed by atoms with Gasteiger partial charge in [-0.3, -0.25) is 4.90 Å². The Hall–Kier alpha value is -0.120. The summed E-state index contributed by atoms with van der Waals surface area (Å²) in [7, 11) is 2.28. The van der Waals surface area contributed by atoms with Gasteiger partial charge in [-0.15, -0.1) is 0 Å². The molecule has 0 bridgehead atoms. The van der Waals surface area contributed by atoms with Crippen LogP contribution in [0.3, 0.4) is 0 Å². The van der Waals surface area contributed by atoms with Gasteiger partial charge in [0.2, 0.25) is 0 Å². The fourth-order valence-electron chi connectivity index (χ4n) is 3.52. The second kappa shape index (κ2) is 6.72. The first-order chi connectivity index (χ1) is 8.33. The molecule has 0 radical (unpaired) electrons. The third-order valence-electron chi connectivity index (χ3n) is 4.65. The largest absolute Gasteiger partial charge is 0.381 e. The van der Waals surface area contributed by atoms with Crippen molar-refractivity contribution in [2.24, 2.45) is 11.7 Å². The molecule has 0 aromatic carbocycles. The first-order valence-electron chi connectivity index (χ1n) is 7.32. The topological polar surface area (TPSA) is 38.5 Å². The van der Waals surface area contributed by atoms with Gasteiger partial charge in [0.1, 0.15) is 0 Å². The van der Waals surface area contributed by atoms with Crippen LogP contribution in [0.25, 0.3) is 0 Å². The lowest BCUT2D eigenvalue weighted by atomic mass is 9.88. The number of likely N-dealkylation sites (N-methyl/N-ethyl adjacent to an activating group) is 1. The zero-order valence-corrected chi connectivity index (χ0v) is 11.2. The van der Waals surface area contributed by atoms with E-state index < -0.39 is 0 Å². The van der Waals surface area contributed by atoms with Crippen LogP contribution in [0.5, 0.6) is 0 Å². The van der Waals surface area contributed by atoms with Gasteiger partial charge in [0.25, 0.3) is 0 Å². The highest BCUT2D eigenvalue weighted by Crippen LogP contribution is 2.27. The molecule has 2 N–H and O–H groups in total. The standard InChI is InChI=1S/C14H28N2O/c1-16(13-7-3-2-4-8-13)14(10-15)12-6-5-9-17-11-12/h12-14H,2-11,15H2,1H3. The van der Waals surface area contributed by atoms with Crippen LogP contribution < -0.4 is 5.73 Å². The summed E-state index contributed by atoms with van der Waals surface area (Å²) in [6.07, 6.45) is 9.44. The molecular weight excluding hydrogens is 212 g/mol. The van der Waals surface area contributed by atoms with Crippen molar-refractivity contribution in [3.63, 3.8) is 0 Å². The summed E-state index contributed by atoms with van der Waals surface area (Å²) in [4.78, 5) is 2.57. The molecule has 0 spiro atoms. The summed E-state index contributed by atoms with van der Waals surface area (Å²) < 4.78 is 5.62. The third-order valence-corrected chi connectivity index (χ3v) is 4.65. The summed E-state index contributed by atoms with van der Waals surface area (Å²) in [6.45, 7) is 2.64. The van der Waals surface area contributed by atoms with Gasteiger partial charge in [0.15, 0.2) is 0 Å². The van der Waals surface area contributed by atoms with E-state index in [1.807, 2.05) is 0 Å². The van der Waals surface area contributed by atoms with Gasteiger partial charge in [-0.1, -0.05) is 19.3 Å². The molecular formula is C14H28N2O. The zero-order chi connectivity index (χ0) is 12.1. The average molecular weight is 240 g/mol. The maximum absolute atomic E-state index is 6.01. The maximum Gasteiger partial charge on any atom is 0.0509 e. The second-order valence-corrected chi connectivity index (χ2v) is 5.74. The zero-order valence-electron chi connectivity index (χ0n) is 11.2. The monoisotopic (exact) mass is 240 g/mol. The highest BCUT2D eigenvalue weighted by atomic mass is 16.5. The molecule has 2 aliphatic rings. The van der Waals surface area contributed by atoms with E-state index in [2.05, 4.69) is 11.9 Å². The van der Waals surface area contributed by atoms with Crippen LogP contribution in [0.4, 0.5) is 0 Å². The van der Waals surface area contributed by atoms with Crippen molar-refractivity contribution in [1.82, 2.24) is 4.90 Å². The van der Waals surface area contributed by atoms with E-state index in [0.29, 0.717) is 12.0 Å². The first kappa shape index (κ1) is 13.3. The molecule has 1 heterocycles. The van der Waals surface area contributed by atoms with Gasteiger partial charge in [0.05, 0.1) is 6.61 Å². The predicted octanol–water partition coefficient (Wildman–Crippen LogP) is 2.00. The van der Waals surface area contributed by atoms with Gasteiger partial charge >= 0.3 is 0 Å². The minimum Gasteiger partial charge on any atom is -0.381 e. The Kier molecular flexibility index (Phi) is 5.26. The van der Waals surface area contributed by atoms with Crippen molar-refractivity contribution >= 4 is 0 Å². The summed E-state index contributed by atoms with van der Waals surface area (Å²) in [5.41, 5.74) is 6.01. The number of ether oxygens (including phenoxy) is 1. The molecule has 2 rings (SSSR count). The summed E-state index contributed by atoms with van der Waals surface area (Å²) in [5, 5.41) is 0. The lowest BCUT2D eigenvalue weighted by Gasteiger charge is -2.41. The second-order valence-electron chi connectivity index (χ2n) is 5.74. The molecule has 1 aliphatic carbocycles. The van der Waals surface area contributed by atoms with E-state index in [4.69, 9.17) is 10.5 Å². The molecule has 1 saturated carbocycles. The van der Waals surface area contributed by atoms with E-state index in [9.17, 15) is 0 Å². The van der Waals surface area contributed by atoms with Crippen LogP contribution in [0.2, 0.25) is 0 Å². The Morgan fingerprint density at radius 2 is 1.94 bits per heavy atom. The number of hydrogen-bond acceptors (Lipinski definition) is 3. The van der Waals surface area contributed by atoms with Crippen LogP contribution in [-0.4, -0.2) is 43.8 Å². The number of nitrogens with two attached hydrogens (primary N) is 1. The molecule has 2 unspecified atom stereocenters. The Labute approximate surface area is 106 Å². The van der Waals surface area contributed by atoms with Gasteiger partial charge in [0, 0.05) is 25.2 Å². The van der Waals surface area contributed by atoms with Gasteiger partial charge in [-0.05, 0) is 38.6 Å². The lowest BCUT2D eigenvalue weighted by Crippen LogP contribution is -2.50. The fraction of sp³-hybridized carbons (Fsp3) is 1.00. The molecule has 0 aromatic heterocycles. The number of rotatable bonds is 4. The smallest absolute Gasteiger partial charge is 0.0509 e. The maximum atomic E-state index is 6.01. The van der Waals surface area contributed by atoms with Crippen molar-refractivity contribution in [2.75, 3.05) is 26.8 Å². The van der Waals surface area contributed by atoms with Crippen LogP contribution in [0, 0.1) is 5.92 Å². The van der Waals surface area contributed by atoms with E-state index >= 15 is 0 Å². The Balaban J connectivity index is 1.90. The highest BCUT2D eigenvalue weighted by molar-refractivity contribution is 4.85. The van der Waals surface area contributed by atoms with Crippen molar-refractivity contribution in [1.29, 1.82) is 0 Å². The molecule has 0 amide bonds. The quantitative estimate of drug-likeness (QED) is 0.817. The predicted molar refractivity (Wildman–Crippen MR) is 71.0 cm³/mol. The Morgan fingerprint density at radius 1 is 1.18 bits per heavy atom. The molecule has 1 saturated heterocycles. The molecule has 17 heavy (non-hydrogen) atoms. The van der Waals surface area contributed by atoms with Crippen LogP contribution >= 0.6 is 0 Å². The minimum atomic E-state index is 0.526. The van der Waals surface area contributed by atoms with Crippen molar-refractivity contribution in [3.05, 3.63) is 0 Å². The fourth-order valence-corrected chi connectivity index (χ4v) is 3.52. The van der Waals surface area contributed by atoms with Gasteiger partial charge in [-0.2, -0.15) is 0 Å². The number of nitrogens with zero attached hydrogens (tertiary/aromatic N) is 1. The SMILES string of the molecule is CN(C1CCCCC1)C(CN)C1CCCOC1. The normalized spacial score (nSPS) is 29.5. The van der Waals surface area contributed by atoms with E-state index in [0.717, 1.165) is 25.8 Å². The van der Waals surface area contributed by atoms with E-state index in [1.54, 1.807) is 0 Å². The van der Waals surface area contributed by atoms with Crippen LogP contribution in [0.15, 0.2) is 0 Å². The molecule has 2 atom stereocenters. The molecule has 2 fully saturated rings. The van der Waals surface area contributed by atoms with Gasteiger partial charge < -0.3 is 10.5 Å². The lowest BCUT2D eigenvalue weighted by molar-refractivity contribution is 0.00293. The highest BCUT2D eigenvalue weighted by Gasteiger charge is 2.30. The third kappa shape index (κ3) is 3.43. The van der Waals surface area contributed by atoms with Crippen molar-refractivity contribution < 1.29 is 4.74 Å². The minimum absolute atomic E-state index is 0.526. The molecule has 3 nitrogen and oxygen atoms in total. The van der Waals surface area contributed by atoms with Crippen LogP contribution in [-0.2, 0) is 4.74 Å². The van der Waals surface area contributed by atoms with Gasteiger partial charge in [-0.25, -0.2) is 0 Å². The van der Waals surface area contributed by atoms with Crippen LogP contribution in [0.1, 0.15) is 44.9 Å². The summed E-state index contributed by atoms with van der Waals surface area (Å²) in [6, 6.07) is 1.29. The number of hydrogen-bond donors (Lipinski definition) is 1. The van der Waals surface area contributed by atoms with E-state index in [1.165, 1.54) is 44.9 Å². The van der Waals surface area contributed by atoms with E-state index in [-0.39, 0.29) is 0 Å². The summed E-state index contributed by atoms with van der Waals surface area (Å²) >= 11 is 0. The Morgan fingerprint density at radius 3 is 2.53 bits per heavy atom. The van der Waals surface area contributed by atoms with Crippen molar-refractivity contribution in [3.8, 4) is 0 Å². The molecule has 100 valence electrons. The average Bonchev–Trinajstić information content (AvgIpc) is 2.42. The molecule has 1 aliphatic heterocycles. The first-order valence-corrected chi connectivity index (χ1v) is 7.32.